The first-order chi connectivity index (χ1) is 18.1. The summed E-state index contributed by atoms with van der Waals surface area (Å²) in [6.45, 7) is 3.21. The molecular weight excluding hydrogens is 464 g/mol. The average Bonchev–Trinajstić information content (AvgIpc) is 2.93. The van der Waals surface area contributed by atoms with Gasteiger partial charge >= 0.3 is 0 Å². The number of ether oxygens (including phenoxy) is 2. The van der Waals surface area contributed by atoms with E-state index in [0.717, 1.165) is 61.7 Å². The summed E-state index contributed by atoms with van der Waals surface area (Å²) in [5.74, 6) is 4.33. The fraction of sp³-hybridized carbons (Fsp3) is 0.621. The van der Waals surface area contributed by atoms with Crippen molar-refractivity contribution in [3.63, 3.8) is 0 Å². The summed E-state index contributed by atoms with van der Waals surface area (Å²) in [5.41, 5.74) is 1.82. The van der Waals surface area contributed by atoms with E-state index in [2.05, 4.69) is 27.0 Å². The van der Waals surface area contributed by atoms with Gasteiger partial charge in [0.2, 0.25) is 5.95 Å². The van der Waals surface area contributed by atoms with Crippen LogP contribution in [-0.2, 0) is 11.3 Å². The Hall–Kier alpha value is -2.89. The SMILES string of the molecule is COc1ccccc1CNc1ncc(C#N)c(NCC23CC4C[C@H](C2)C(NC2CCOCC2)[C@@H](C4)C3)n1. The second-order valence-corrected chi connectivity index (χ2v) is 11.6. The molecule has 1 aromatic carbocycles. The molecule has 0 amide bonds. The van der Waals surface area contributed by atoms with Crippen LogP contribution >= 0.6 is 0 Å². The van der Waals surface area contributed by atoms with Crippen LogP contribution in [0.1, 0.15) is 56.1 Å². The molecule has 7 rings (SSSR count). The van der Waals surface area contributed by atoms with E-state index >= 15 is 0 Å². The van der Waals surface area contributed by atoms with Gasteiger partial charge in [-0.15, -0.1) is 0 Å². The van der Waals surface area contributed by atoms with Gasteiger partial charge in [-0.1, -0.05) is 18.2 Å². The minimum absolute atomic E-state index is 0.299. The monoisotopic (exact) mass is 502 g/mol. The highest BCUT2D eigenvalue weighted by Gasteiger charge is 2.55. The van der Waals surface area contributed by atoms with Crippen LogP contribution in [0.15, 0.2) is 30.5 Å². The molecular formula is C29H38N6O2. The number of hydrogen-bond donors (Lipinski definition) is 3. The number of hydrogen-bond acceptors (Lipinski definition) is 8. The smallest absolute Gasteiger partial charge is 0.224 e. The van der Waals surface area contributed by atoms with Gasteiger partial charge in [-0.25, -0.2) is 4.98 Å². The summed E-state index contributed by atoms with van der Waals surface area (Å²) in [4.78, 5) is 9.08. The van der Waals surface area contributed by atoms with Crippen molar-refractivity contribution in [3.05, 3.63) is 41.6 Å². The molecule has 1 aromatic heterocycles. The normalized spacial score (nSPS) is 30.6. The van der Waals surface area contributed by atoms with Gasteiger partial charge in [-0.2, -0.15) is 10.2 Å². The van der Waals surface area contributed by atoms with E-state index in [0.29, 0.717) is 41.4 Å². The number of rotatable bonds is 9. The molecule has 2 aromatic rings. The van der Waals surface area contributed by atoms with E-state index in [-0.39, 0.29) is 0 Å². The van der Waals surface area contributed by atoms with E-state index in [1.54, 1.807) is 13.3 Å². The summed E-state index contributed by atoms with van der Waals surface area (Å²) in [6, 6.07) is 11.5. The van der Waals surface area contributed by atoms with Gasteiger partial charge in [0.1, 0.15) is 23.2 Å². The Balaban J connectivity index is 1.11. The third-order valence-corrected chi connectivity index (χ3v) is 9.22. The van der Waals surface area contributed by atoms with E-state index in [4.69, 9.17) is 14.5 Å². The number of nitriles is 1. The highest BCUT2D eigenvalue weighted by Crippen LogP contribution is 2.60. The van der Waals surface area contributed by atoms with E-state index in [1.807, 2.05) is 24.3 Å². The Morgan fingerprint density at radius 2 is 1.89 bits per heavy atom. The number of para-hydroxylation sites is 1. The summed E-state index contributed by atoms with van der Waals surface area (Å²) in [6.07, 6.45) is 10.5. The molecule has 4 saturated carbocycles. The number of anilines is 2. The fourth-order valence-corrected chi connectivity index (χ4v) is 7.80. The van der Waals surface area contributed by atoms with Gasteiger partial charge in [-0.3, -0.25) is 0 Å². The van der Waals surface area contributed by atoms with Gasteiger partial charge < -0.3 is 25.4 Å². The maximum Gasteiger partial charge on any atom is 0.224 e. The summed E-state index contributed by atoms with van der Waals surface area (Å²) in [7, 11) is 1.67. The van der Waals surface area contributed by atoms with Crippen molar-refractivity contribution in [2.45, 2.75) is 63.6 Å². The third kappa shape index (κ3) is 5.12. The number of aromatic nitrogens is 2. The van der Waals surface area contributed by atoms with Gasteiger partial charge in [0.05, 0.1) is 13.3 Å². The predicted octanol–water partition coefficient (Wildman–Crippen LogP) is 4.34. The van der Waals surface area contributed by atoms with Crippen molar-refractivity contribution in [3.8, 4) is 11.8 Å². The highest BCUT2D eigenvalue weighted by molar-refractivity contribution is 5.53. The van der Waals surface area contributed by atoms with Crippen LogP contribution in [0.3, 0.4) is 0 Å². The molecule has 5 atom stereocenters. The minimum atomic E-state index is 0.299. The first-order valence-corrected chi connectivity index (χ1v) is 13.9. The zero-order chi connectivity index (χ0) is 25.2. The predicted molar refractivity (Wildman–Crippen MR) is 142 cm³/mol. The lowest BCUT2D eigenvalue weighted by atomic mass is 9.48. The zero-order valence-electron chi connectivity index (χ0n) is 21.7. The van der Waals surface area contributed by atoms with Gasteiger partial charge in [0.25, 0.3) is 0 Å². The topological polar surface area (TPSA) is 104 Å². The van der Waals surface area contributed by atoms with Gasteiger partial charge in [-0.05, 0) is 74.2 Å². The molecule has 4 aliphatic carbocycles. The van der Waals surface area contributed by atoms with Gasteiger partial charge in [0.15, 0.2) is 0 Å². The largest absolute Gasteiger partial charge is 0.496 e. The second-order valence-electron chi connectivity index (χ2n) is 11.6. The Labute approximate surface area is 219 Å². The van der Waals surface area contributed by atoms with Crippen molar-refractivity contribution in [1.82, 2.24) is 15.3 Å². The zero-order valence-corrected chi connectivity index (χ0v) is 21.7. The molecule has 8 nitrogen and oxygen atoms in total. The molecule has 4 bridgehead atoms. The molecule has 37 heavy (non-hydrogen) atoms. The van der Waals surface area contributed by atoms with E-state index in [9.17, 15) is 5.26 Å². The number of benzene rings is 1. The van der Waals surface area contributed by atoms with E-state index < -0.39 is 0 Å². The maximum atomic E-state index is 9.71. The number of nitrogens with zero attached hydrogens (tertiary/aromatic N) is 3. The van der Waals surface area contributed by atoms with Crippen molar-refractivity contribution < 1.29 is 9.47 Å². The Morgan fingerprint density at radius 1 is 1.11 bits per heavy atom. The third-order valence-electron chi connectivity index (χ3n) is 9.22. The van der Waals surface area contributed by atoms with Crippen LogP contribution in [0.2, 0.25) is 0 Å². The standard InChI is InChI=1S/C29H38N6O2/c1-36-25-5-3-2-4-20(25)16-31-28-32-17-23(15-30)27(35-28)33-18-29-12-19-10-21(13-29)26(22(11-19)14-29)34-24-6-8-37-9-7-24/h2-5,17,19,21-22,24,26,34H,6-14,16,18H2,1H3,(H2,31,32,33,35)/t19?,21-,22+,26?,29?. The Kier molecular flexibility index (Phi) is 6.92. The van der Waals surface area contributed by atoms with Crippen molar-refractivity contribution >= 4 is 11.8 Å². The second kappa shape index (κ2) is 10.5. The van der Waals surface area contributed by atoms with Crippen LogP contribution in [0, 0.1) is 34.5 Å². The average molecular weight is 503 g/mol. The number of nitrogens with one attached hydrogen (secondary N) is 3. The summed E-state index contributed by atoms with van der Waals surface area (Å²) >= 11 is 0. The Morgan fingerprint density at radius 3 is 2.65 bits per heavy atom. The van der Waals surface area contributed by atoms with Crippen LogP contribution in [0.25, 0.3) is 0 Å². The van der Waals surface area contributed by atoms with Crippen molar-refractivity contribution in [1.29, 1.82) is 5.26 Å². The first-order valence-electron chi connectivity index (χ1n) is 13.9. The molecule has 2 heterocycles. The quantitative estimate of drug-likeness (QED) is 0.465. The molecule has 0 radical (unpaired) electrons. The Bertz CT molecular complexity index is 1130. The summed E-state index contributed by atoms with van der Waals surface area (Å²) < 4.78 is 11.0. The molecule has 0 spiro atoms. The number of methoxy groups -OCH3 is 1. The highest BCUT2D eigenvalue weighted by atomic mass is 16.5. The maximum absolute atomic E-state index is 9.71. The van der Waals surface area contributed by atoms with Crippen molar-refractivity contribution in [2.75, 3.05) is 37.5 Å². The summed E-state index contributed by atoms with van der Waals surface area (Å²) in [5, 5.41) is 20.7. The van der Waals surface area contributed by atoms with Crippen LogP contribution in [0.4, 0.5) is 11.8 Å². The van der Waals surface area contributed by atoms with Gasteiger partial charge in [0, 0.05) is 44.0 Å². The molecule has 196 valence electrons. The fourth-order valence-electron chi connectivity index (χ4n) is 7.80. The van der Waals surface area contributed by atoms with Crippen molar-refractivity contribution in [2.24, 2.45) is 23.2 Å². The molecule has 3 N–H and O–H groups in total. The first kappa shape index (κ1) is 24.4. The van der Waals surface area contributed by atoms with Crippen LogP contribution in [0.5, 0.6) is 5.75 Å². The molecule has 3 unspecified atom stereocenters. The van der Waals surface area contributed by atoms with Crippen LogP contribution < -0.4 is 20.7 Å². The molecule has 8 heteroatoms. The van der Waals surface area contributed by atoms with E-state index in [1.165, 1.54) is 32.1 Å². The lowest BCUT2D eigenvalue weighted by molar-refractivity contribution is -0.0751. The molecule has 5 aliphatic rings. The molecule has 5 fully saturated rings. The minimum Gasteiger partial charge on any atom is -0.496 e. The lowest BCUT2D eigenvalue weighted by Gasteiger charge is -2.61. The van der Waals surface area contributed by atoms with Crippen LogP contribution in [-0.4, -0.2) is 48.9 Å². The molecule has 1 aliphatic heterocycles. The molecule has 1 saturated heterocycles. The lowest BCUT2D eigenvalue weighted by Crippen LogP contribution is -2.61.